The van der Waals surface area contributed by atoms with Gasteiger partial charge in [0, 0.05) is 10.8 Å². The minimum absolute atomic E-state index is 0.0665. The van der Waals surface area contributed by atoms with E-state index in [1.807, 2.05) is 54.6 Å². The van der Waals surface area contributed by atoms with E-state index in [1.165, 1.54) is 41.2 Å². The largest absolute Gasteiger partial charge is 0.503 e. The summed E-state index contributed by atoms with van der Waals surface area (Å²) >= 11 is 8.94. The Labute approximate surface area is 275 Å². The highest BCUT2D eigenvalue weighted by molar-refractivity contribution is 8.00. The number of benzene rings is 3. The van der Waals surface area contributed by atoms with E-state index in [4.69, 9.17) is 21.1 Å². The second-order valence-electron chi connectivity index (χ2n) is 10.6. The summed E-state index contributed by atoms with van der Waals surface area (Å²) in [6.07, 6.45) is 3.87. The number of hydrogen-bond donors (Lipinski definition) is 1. The van der Waals surface area contributed by atoms with Gasteiger partial charge in [-0.15, -0.1) is 10.2 Å². The van der Waals surface area contributed by atoms with Gasteiger partial charge in [0.1, 0.15) is 0 Å². The number of carbonyl (C=O) groups excluding carboxylic acids is 2. The van der Waals surface area contributed by atoms with Crippen LogP contribution in [0.25, 0.3) is 6.08 Å². The van der Waals surface area contributed by atoms with Crippen LogP contribution >= 0.6 is 34.7 Å². The Morgan fingerprint density at radius 2 is 1.84 bits per heavy atom. The molecule has 0 radical (unpaired) electrons. The lowest BCUT2D eigenvalue weighted by atomic mass is 9.95. The molecular formula is C34H32ClN3O5S2. The quantitative estimate of drug-likeness (QED) is 0.0871. The lowest BCUT2D eigenvalue weighted by molar-refractivity contribution is -0.117. The fourth-order valence-corrected chi connectivity index (χ4v) is 6.84. The first-order valence-electron chi connectivity index (χ1n) is 14.3. The summed E-state index contributed by atoms with van der Waals surface area (Å²) in [5.41, 5.74) is 2.22. The highest BCUT2D eigenvalue weighted by Gasteiger charge is 2.45. The molecular weight excluding hydrogens is 630 g/mol. The summed E-state index contributed by atoms with van der Waals surface area (Å²) in [7, 11) is 1.53. The fraction of sp³-hybridized carbons (Fsp3) is 0.235. The highest BCUT2D eigenvalue weighted by atomic mass is 35.5. The van der Waals surface area contributed by atoms with Crippen molar-refractivity contribution in [2.24, 2.45) is 5.92 Å². The summed E-state index contributed by atoms with van der Waals surface area (Å²) in [6.45, 7) is 4.75. The molecule has 2 heterocycles. The van der Waals surface area contributed by atoms with Crippen LogP contribution in [0.2, 0.25) is 5.02 Å². The molecule has 45 heavy (non-hydrogen) atoms. The molecule has 0 saturated carbocycles. The Morgan fingerprint density at radius 1 is 1.09 bits per heavy atom. The minimum atomic E-state index is -0.988. The van der Waals surface area contributed by atoms with Gasteiger partial charge in [-0.1, -0.05) is 109 Å². The zero-order chi connectivity index (χ0) is 31.9. The number of aliphatic hydroxyl groups is 1. The first kappa shape index (κ1) is 32.3. The SMILES string of the molecule is COc1cc(C2C(C(=O)/C=C/c3ccccc3)=C(O)C(=O)N2c2nnc(SCc3ccccc3Cl)s2)ccc1OCCC(C)C. The summed E-state index contributed by atoms with van der Waals surface area (Å²) in [5.74, 6) is 0.112. The Morgan fingerprint density at radius 3 is 2.58 bits per heavy atom. The van der Waals surface area contributed by atoms with Gasteiger partial charge in [-0.3, -0.25) is 14.5 Å². The first-order valence-corrected chi connectivity index (χ1v) is 16.5. The van der Waals surface area contributed by atoms with Gasteiger partial charge in [-0.05, 0) is 53.3 Å². The van der Waals surface area contributed by atoms with Crippen molar-refractivity contribution in [2.75, 3.05) is 18.6 Å². The molecule has 0 spiro atoms. The maximum atomic E-state index is 13.7. The molecule has 3 aromatic carbocycles. The number of ether oxygens (including phenoxy) is 2. The van der Waals surface area contributed by atoms with Crippen LogP contribution < -0.4 is 14.4 Å². The third-order valence-corrected chi connectivity index (χ3v) is 9.54. The summed E-state index contributed by atoms with van der Waals surface area (Å²) in [4.78, 5) is 28.6. The van der Waals surface area contributed by atoms with Gasteiger partial charge >= 0.3 is 0 Å². The topological polar surface area (TPSA) is 102 Å². The third kappa shape index (κ3) is 7.58. The van der Waals surface area contributed by atoms with Crippen LogP contribution in [-0.2, 0) is 15.3 Å². The predicted octanol–water partition coefficient (Wildman–Crippen LogP) is 8.10. The lowest BCUT2D eigenvalue weighted by Gasteiger charge is -2.24. The van der Waals surface area contributed by atoms with Crippen molar-refractivity contribution in [3.63, 3.8) is 0 Å². The third-order valence-electron chi connectivity index (χ3n) is 7.07. The van der Waals surface area contributed by atoms with Crippen LogP contribution in [0, 0.1) is 5.92 Å². The van der Waals surface area contributed by atoms with Gasteiger partial charge in [0.25, 0.3) is 5.91 Å². The van der Waals surface area contributed by atoms with Crippen molar-refractivity contribution in [2.45, 2.75) is 36.4 Å². The van der Waals surface area contributed by atoms with Crippen LogP contribution in [0.1, 0.15) is 43.0 Å². The molecule has 232 valence electrons. The molecule has 0 aliphatic carbocycles. The Kier molecular flexibility index (Phi) is 10.6. The predicted molar refractivity (Wildman–Crippen MR) is 179 cm³/mol. The summed E-state index contributed by atoms with van der Waals surface area (Å²) in [6, 6.07) is 21.1. The number of halogens is 1. The average molecular weight is 662 g/mol. The van der Waals surface area contributed by atoms with Crippen molar-refractivity contribution in [3.05, 3.63) is 112 Å². The molecule has 0 bridgehead atoms. The number of methoxy groups -OCH3 is 1. The van der Waals surface area contributed by atoms with Gasteiger partial charge < -0.3 is 14.6 Å². The van der Waals surface area contributed by atoms with E-state index in [1.54, 1.807) is 24.3 Å². The van der Waals surface area contributed by atoms with E-state index < -0.39 is 23.5 Å². The molecule has 1 aromatic heterocycles. The number of aromatic nitrogens is 2. The van der Waals surface area contributed by atoms with E-state index in [0.717, 1.165) is 17.5 Å². The van der Waals surface area contributed by atoms with Crippen LogP contribution in [-0.4, -0.2) is 40.7 Å². The molecule has 11 heteroatoms. The highest BCUT2D eigenvalue weighted by Crippen LogP contribution is 2.45. The number of carbonyl (C=O) groups is 2. The maximum absolute atomic E-state index is 13.7. The van der Waals surface area contributed by atoms with Gasteiger partial charge in [0.2, 0.25) is 5.13 Å². The number of anilines is 1. The molecule has 1 N–H and O–H groups in total. The summed E-state index contributed by atoms with van der Waals surface area (Å²) < 4.78 is 12.2. The molecule has 1 amide bonds. The van der Waals surface area contributed by atoms with Crippen molar-refractivity contribution < 1.29 is 24.2 Å². The normalized spacial score (nSPS) is 15.0. The molecule has 8 nitrogen and oxygen atoms in total. The molecule has 0 fully saturated rings. The molecule has 1 atom stereocenters. The number of aliphatic hydroxyl groups excluding tert-OH is 1. The number of allylic oxidation sites excluding steroid dienone is 1. The molecule has 4 aromatic rings. The van der Waals surface area contributed by atoms with E-state index in [9.17, 15) is 14.7 Å². The van der Waals surface area contributed by atoms with Crippen LogP contribution in [0.3, 0.4) is 0 Å². The van der Waals surface area contributed by atoms with Crippen molar-refractivity contribution in [1.29, 1.82) is 0 Å². The van der Waals surface area contributed by atoms with Gasteiger partial charge in [-0.25, -0.2) is 0 Å². The fourth-order valence-electron chi connectivity index (χ4n) is 4.69. The van der Waals surface area contributed by atoms with Crippen molar-refractivity contribution >= 4 is 57.6 Å². The molecule has 1 aliphatic heterocycles. The van der Waals surface area contributed by atoms with Gasteiger partial charge in [0.05, 0.1) is 25.3 Å². The van der Waals surface area contributed by atoms with Crippen LogP contribution in [0.15, 0.2) is 94.5 Å². The van der Waals surface area contributed by atoms with Crippen molar-refractivity contribution in [1.82, 2.24) is 10.2 Å². The lowest BCUT2D eigenvalue weighted by Crippen LogP contribution is -2.30. The second kappa shape index (κ2) is 14.8. The Balaban J connectivity index is 1.49. The average Bonchev–Trinajstić information content (AvgIpc) is 3.61. The van der Waals surface area contributed by atoms with Gasteiger partial charge in [0.15, 0.2) is 27.4 Å². The summed E-state index contributed by atoms with van der Waals surface area (Å²) in [5, 5.41) is 20.6. The number of amides is 1. The van der Waals surface area contributed by atoms with Crippen LogP contribution in [0.5, 0.6) is 11.5 Å². The number of thioether (sulfide) groups is 1. The van der Waals surface area contributed by atoms with E-state index in [2.05, 4.69) is 24.0 Å². The number of nitrogens with zero attached hydrogens (tertiary/aromatic N) is 3. The standard InChI is InChI=1S/C34H32ClN3O5S2/c1-21(2)17-18-43-27-16-14-23(19-28(27)42-3)30-29(26(39)15-13-22-9-5-4-6-10-22)31(40)32(41)38(30)33-36-37-34(45-33)44-20-24-11-7-8-12-25(24)35/h4-16,19,21,30,40H,17-18,20H2,1-3H3/b15-13+. The maximum Gasteiger partial charge on any atom is 0.296 e. The van der Waals surface area contributed by atoms with Crippen LogP contribution in [0.4, 0.5) is 5.13 Å². The smallest absolute Gasteiger partial charge is 0.296 e. The molecule has 0 saturated heterocycles. The van der Waals surface area contributed by atoms with E-state index in [0.29, 0.717) is 44.7 Å². The molecule has 1 aliphatic rings. The monoisotopic (exact) mass is 661 g/mol. The van der Waals surface area contributed by atoms with Crippen molar-refractivity contribution in [3.8, 4) is 11.5 Å². The number of rotatable bonds is 13. The minimum Gasteiger partial charge on any atom is -0.503 e. The number of hydrogen-bond acceptors (Lipinski definition) is 9. The molecule has 5 rings (SSSR count). The molecule has 1 unspecified atom stereocenters. The first-order chi connectivity index (χ1) is 21.8. The second-order valence-corrected chi connectivity index (χ2v) is 13.2. The zero-order valence-electron chi connectivity index (χ0n) is 25.0. The van der Waals surface area contributed by atoms with E-state index >= 15 is 0 Å². The Bertz CT molecular complexity index is 1740. The number of ketones is 1. The van der Waals surface area contributed by atoms with Gasteiger partial charge in [-0.2, -0.15) is 0 Å². The zero-order valence-corrected chi connectivity index (χ0v) is 27.4. The Hall–Kier alpha value is -4.12. The van der Waals surface area contributed by atoms with E-state index in [-0.39, 0.29) is 10.7 Å².